The summed E-state index contributed by atoms with van der Waals surface area (Å²) in [5, 5.41) is 1.08. The molecule has 1 aliphatic rings. The molecule has 1 aliphatic heterocycles. The van der Waals surface area contributed by atoms with Crippen LogP contribution in [0.4, 0.5) is 0 Å². The van der Waals surface area contributed by atoms with Crippen LogP contribution in [0.5, 0.6) is 0 Å². The highest BCUT2D eigenvalue weighted by atomic mass is 32.2. The first-order valence-corrected chi connectivity index (χ1v) is 4.38. The number of aliphatic imine (C=N–C) groups is 1. The Hall–Kier alpha value is -0.620. The highest BCUT2D eigenvalue weighted by Crippen LogP contribution is 2.09. The Morgan fingerprint density at radius 1 is 1.90 bits per heavy atom. The molecule has 0 unspecified atom stereocenters. The highest BCUT2D eigenvalue weighted by molar-refractivity contribution is 8.13. The quantitative estimate of drug-likeness (QED) is 0.515. The van der Waals surface area contributed by atoms with Gasteiger partial charge in [-0.2, -0.15) is 0 Å². The van der Waals surface area contributed by atoms with Crippen molar-refractivity contribution in [1.82, 2.24) is 4.90 Å². The summed E-state index contributed by atoms with van der Waals surface area (Å²) < 4.78 is 0. The van der Waals surface area contributed by atoms with E-state index in [0.717, 1.165) is 18.3 Å². The Labute approximate surface area is 65.7 Å². The van der Waals surface area contributed by atoms with E-state index in [-0.39, 0.29) is 0 Å². The lowest BCUT2D eigenvalue weighted by Crippen LogP contribution is -2.25. The minimum atomic E-state index is 0.694. The van der Waals surface area contributed by atoms with E-state index in [1.54, 1.807) is 11.8 Å². The molecular formula is C7H10N2S. The molecule has 0 amide bonds. The van der Waals surface area contributed by atoms with Crippen molar-refractivity contribution in [2.45, 2.75) is 0 Å². The first kappa shape index (κ1) is 7.49. The van der Waals surface area contributed by atoms with Crippen molar-refractivity contribution in [2.24, 2.45) is 4.99 Å². The first-order chi connectivity index (χ1) is 4.88. The zero-order chi connectivity index (χ0) is 7.40. The van der Waals surface area contributed by atoms with Gasteiger partial charge in [0.25, 0.3) is 0 Å². The van der Waals surface area contributed by atoms with Crippen molar-refractivity contribution in [2.75, 3.05) is 25.9 Å². The molecule has 0 spiro atoms. The van der Waals surface area contributed by atoms with Gasteiger partial charge in [-0.05, 0) is 6.26 Å². The van der Waals surface area contributed by atoms with E-state index in [1.807, 2.05) is 6.26 Å². The van der Waals surface area contributed by atoms with Crippen LogP contribution in [-0.4, -0.2) is 36.0 Å². The van der Waals surface area contributed by atoms with Gasteiger partial charge in [0.05, 0.1) is 13.1 Å². The zero-order valence-electron chi connectivity index (χ0n) is 6.00. The molecule has 0 aromatic heterocycles. The molecule has 1 rings (SSSR count). The fraction of sp³-hybridized carbons (Fsp3) is 0.571. The van der Waals surface area contributed by atoms with E-state index in [0.29, 0.717) is 6.54 Å². The lowest BCUT2D eigenvalue weighted by Gasteiger charge is -2.14. The van der Waals surface area contributed by atoms with Crippen LogP contribution in [0.15, 0.2) is 4.99 Å². The minimum absolute atomic E-state index is 0.694. The Morgan fingerprint density at radius 3 is 3.30 bits per heavy atom. The van der Waals surface area contributed by atoms with E-state index in [2.05, 4.69) is 15.8 Å². The van der Waals surface area contributed by atoms with Crippen LogP contribution in [0.2, 0.25) is 0 Å². The van der Waals surface area contributed by atoms with Crippen molar-refractivity contribution in [3.05, 3.63) is 0 Å². The number of terminal acetylenes is 1. The predicted octanol–water partition coefficient (Wildman–Crippen LogP) is 0.654. The van der Waals surface area contributed by atoms with Crippen LogP contribution < -0.4 is 0 Å². The molecule has 0 aromatic carbocycles. The Bertz CT molecular complexity index is 181. The molecule has 54 valence electrons. The second-order valence-electron chi connectivity index (χ2n) is 1.99. The van der Waals surface area contributed by atoms with E-state index in [4.69, 9.17) is 6.42 Å². The maximum atomic E-state index is 5.17. The molecule has 0 aromatic rings. The first-order valence-electron chi connectivity index (χ1n) is 3.15. The highest BCUT2D eigenvalue weighted by Gasteiger charge is 2.13. The predicted molar refractivity (Wildman–Crippen MR) is 46.2 cm³/mol. The van der Waals surface area contributed by atoms with Gasteiger partial charge in [0.15, 0.2) is 5.17 Å². The Balaban J connectivity index is 2.48. The number of hydrogen-bond donors (Lipinski definition) is 0. The lowest BCUT2D eigenvalue weighted by molar-refractivity contribution is 0.523. The van der Waals surface area contributed by atoms with E-state index in [9.17, 15) is 0 Å². The van der Waals surface area contributed by atoms with Gasteiger partial charge in [0, 0.05) is 6.54 Å². The molecule has 0 bridgehead atoms. The number of rotatable bonds is 1. The smallest absolute Gasteiger partial charge is 0.159 e. The zero-order valence-corrected chi connectivity index (χ0v) is 6.82. The normalized spacial score (nSPS) is 16.8. The fourth-order valence-corrected chi connectivity index (χ4v) is 1.55. The van der Waals surface area contributed by atoms with Gasteiger partial charge in [-0.15, -0.1) is 6.42 Å². The van der Waals surface area contributed by atoms with Gasteiger partial charge in [0.1, 0.15) is 0 Å². The second kappa shape index (κ2) is 3.52. The van der Waals surface area contributed by atoms with Crippen molar-refractivity contribution < 1.29 is 0 Å². The minimum Gasteiger partial charge on any atom is -0.339 e. The van der Waals surface area contributed by atoms with Crippen molar-refractivity contribution in [1.29, 1.82) is 0 Å². The number of amidine groups is 1. The van der Waals surface area contributed by atoms with Crippen LogP contribution in [0.3, 0.4) is 0 Å². The standard InChI is InChI=1S/C7H10N2S/c1-3-5-9-6-4-8-7(9)10-2/h1H,4-6H2,2H3. The molecule has 0 radical (unpaired) electrons. The van der Waals surface area contributed by atoms with Crippen LogP contribution in [0, 0.1) is 12.3 Å². The monoisotopic (exact) mass is 154 g/mol. The number of hydrogen-bond acceptors (Lipinski definition) is 3. The molecule has 0 aliphatic carbocycles. The third-order valence-corrected chi connectivity index (χ3v) is 2.10. The van der Waals surface area contributed by atoms with Gasteiger partial charge < -0.3 is 4.90 Å². The summed E-state index contributed by atoms with van der Waals surface area (Å²) >= 11 is 1.66. The third kappa shape index (κ3) is 1.45. The van der Waals surface area contributed by atoms with Crippen molar-refractivity contribution in [3.8, 4) is 12.3 Å². The fourth-order valence-electron chi connectivity index (χ4n) is 0.913. The summed E-state index contributed by atoms with van der Waals surface area (Å²) in [4.78, 5) is 6.38. The Kier molecular flexibility index (Phi) is 2.64. The van der Waals surface area contributed by atoms with Crippen LogP contribution in [0.1, 0.15) is 0 Å². The summed E-state index contributed by atoms with van der Waals surface area (Å²) in [5.41, 5.74) is 0. The number of thioether (sulfide) groups is 1. The van der Waals surface area contributed by atoms with Crippen molar-refractivity contribution in [3.63, 3.8) is 0 Å². The van der Waals surface area contributed by atoms with Crippen LogP contribution in [-0.2, 0) is 0 Å². The summed E-state index contributed by atoms with van der Waals surface area (Å²) in [7, 11) is 0. The average Bonchev–Trinajstić information content (AvgIpc) is 2.36. The summed E-state index contributed by atoms with van der Waals surface area (Å²) in [5.74, 6) is 2.61. The Morgan fingerprint density at radius 2 is 2.70 bits per heavy atom. The topological polar surface area (TPSA) is 15.6 Å². The third-order valence-electron chi connectivity index (χ3n) is 1.35. The molecule has 0 atom stereocenters. The molecule has 10 heavy (non-hydrogen) atoms. The largest absolute Gasteiger partial charge is 0.339 e. The SMILES string of the molecule is C#CCN1CCN=C1SC. The summed E-state index contributed by atoms with van der Waals surface area (Å²) in [6, 6.07) is 0. The second-order valence-corrected chi connectivity index (χ2v) is 2.77. The maximum Gasteiger partial charge on any atom is 0.159 e. The van der Waals surface area contributed by atoms with Crippen LogP contribution in [0.25, 0.3) is 0 Å². The molecular weight excluding hydrogens is 144 g/mol. The van der Waals surface area contributed by atoms with Gasteiger partial charge in [-0.3, -0.25) is 4.99 Å². The average molecular weight is 154 g/mol. The van der Waals surface area contributed by atoms with Gasteiger partial charge in [0.2, 0.25) is 0 Å². The maximum absolute atomic E-state index is 5.17. The molecule has 0 saturated carbocycles. The molecule has 3 heteroatoms. The van der Waals surface area contributed by atoms with E-state index < -0.39 is 0 Å². The van der Waals surface area contributed by atoms with Gasteiger partial charge >= 0.3 is 0 Å². The van der Waals surface area contributed by atoms with E-state index in [1.165, 1.54) is 0 Å². The van der Waals surface area contributed by atoms with Gasteiger partial charge in [-0.1, -0.05) is 17.7 Å². The van der Waals surface area contributed by atoms with Crippen LogP contribution >= 0.6 is 11.8 Å². The summed E-state index contributed by atoms with van der Waals surface area (Å²) in [6.45, 7) is 2.58. The molecule has 0 saturated heterocycles. The van der Waals surface area contributed by atoms with Gasteiger partial charge in [-0.25, -0.2) is 0 Å². The van der Waals surface area contributed by atoms with Crippen molar-refractivity contribution >= 4 is 16.9 Å². The lowest BCUT2D eigenvalue weighted by atomic mass is 10.5. The molecule has 1 heterocycles. The van der Waals surface area contributed by atoms with E-state index >= 15 is 0 Å². The molecule has 2 nitrogen and oxygen atoms in total. The molecule has 0 N–H and O–H groups in total. The number of nitrogens with zero attached hydrogens (tertiary/aromatic N) is 2. The molecule has 0 fully saturated rings. The summed E-state index contributed by atoms with van der Waals surface area (Å²) in [6.07, 6.45) is 7.19.